The van der Waals surface area contributed by atoms with E-state index in [1.54, 1.807) is 0 Å². The van der Waals surface area contributed by atoms with Crippen molar-refractivity contribution in [1.82, 2.24) is 5.32 Å². The Balaban J connectivity index is 2.07. The Morgan fingerprint density at radius 1 is 1.24 bits per heavy atom. The van der Waals surface area contributed by atoms with E-state index < -0.39 is 0 Å². The van der Waals surface area contributed by atoms with Gasteiger partial charge in [-0.1, -0.05) is 37.6 Å². The van der Waals surface area contributed by atoms with E-state index in [1.165, 1.54) is 11.3 Å². The predicted octanol–water partition coefficient (Wildman–Crippen LogP) is 5.23. The molecule has 2 aromatic rings. The second-order valence-corrected chi connectivity index (χ2v) is 7.20. The van der Waals surface area contributed by atoms with E-state index in [2.05, 4.69) is 19.2 Å². The number of thiophene rings is 1. The molecule has 1 aromatic heterocycles. The van der Waals surface area contributed by atoms with Crippen LogP contribution >= 0.6 is 22.9 Å². The molecule has 1 amide bonds. The minimum Gasteiger partial charge on any atom is -0.349 e. The van der Waals surface area contributed by atoms with E-state index in [-0.39, 0.29) is 11.9 Å². The highest BCUT2D eigenvalue weighted by Crippen LogP contribution is 2.29. The number of carbonyl (C=O) groups excluding carboxylic acids is 1. The van der Waals surface area contributed by atoms with Gasteiger partial charge in [-0.25, -0.2) is 0 Å². The van der Waals surface area contributed by atoms with Crippen LogP contribution in [0, 0.1) is 5.92 Å². The van der Waals surface area contributed by atoms with Crippen molar-refractivity contribution in [2.75, 3.05) is 0 Å². The van der Waals surface area contributed by atoms with Crippen LogP contribution in [0.3, 0.4) is 0 Å². The first-order chi connectivity index (χ1) is 9.95. The smallest absolute Gasteiger partial charge is 0.261 e. The third kappa shape index (κ3) is 4.58. The van der Waals surface area contributed by atoms with Crippen LogP contribution in [0.5, 0.6) is 0 Å². The zero-order valence-electron chi connectivity index (χ0n) is 12.5. The van der Waals surface area contributed by atoms with Gasteiger partial charge in [0.2, 0.25) is 0 Å². The minimum absolute atomic E-state index is 0.00132. The SMILES string of the molecule is CC(C)C[C@H](C)NC(=O)c1ccc(-c2cccc(Cl)c2)s1. The molecule has 2 rings (SSSR count). The van der Waals surface area contributed by atoms with Crippen molar-refractivity contribution in [3.63, 3.8) is 0 Å². The summed E-state index contributed by atoms with van der Waals surface area (Å²) in [5.74, 6) is 0.576. The summed E-state index contributed by atoms with van der Waals surface area (Å²) >= 11 is 7.50. The van der Waals surface area contributed by atoms with Crippen LogP contribution in [-0.4, -0.2) is 11.9 Å². The molecule has 1 atom stereocenters. The maximum Gasteiger partial charge on any atom is 0.261 e. The average molecular weight is 322 g/mol. The Bertz CT molecular complexity index is 621. The van der Waals surface area contributed by atoms with Crippen LogP contribution in [0.4, 0.5) is 0 Å². The van der Waals surface area contributed by atoms with E-state index in [1.807, 2.05) is 43.3 Å². The first-order valence-corrected chi connectivity index (χ1v) is 8.32. The van der Waals surface area contributed by atoms with Crippen LogP contribution in [0.15, 0.2) is 36.4 Å². The highest BCUT2D eigenvalue weighted by atomic mass is 35.5. The lowest BCUT2D eigenvalue weighted by molar-refractivity contribution is 0.0940. The summed E-state index contributed by atoms with van der Waals surface area (Å²) in [5, 5.41) is 3.76. The lowest BCUT2D eigenvalue weighted by Gasteiger charge is -2.15. The van der Waals surface area contributed by atoms with Gasteiger partial charge in [0.15, 0.2) is 0 Å². The molecule has 1 aromatic carbocycles. The molecule has 0 aliphatic carbocycles. The van der Waals surface area contributed by atoms with Crippen LogP contribution in [0.25, 0.3) is 10.4 Å². The maximum absolute atomic E-state index is 12.2. The van der Waals surface area contributed by atoms with Gasteiger partial charge >= 0.3 is 0 Å². The van der Waals surface area contributed by atoms with Gasteiger partial charge in [-0.3, -0.25) is 4.79 Å². The molecule has 21 heavy (non-hydrogen) atoms. The minimum atomic E-state index is 0.00132. The van der Waals surface area contributed by atoms with Crippen molar-refractivity contribution in [3.05, 3.63) is 46.3 Å². The molecule has 1 heterocycles. The third-order valence-electron chi connectivity index (χ3n) is 3.14. The average Bonchev–Trinajstić information content (AvgIpc) is 2.87. The van der Waals surface area contributed by atoms with Crippen molar-refractivity contribution >= 4 is 28.8 Å². The fourth-order valence-electron chi connectivity index (χ4n) is 2.32. The largest absolute Gasteiger partial charge is 0.349 e. The van der Waals surface area contributed by atoms with E-state index >= 15 is 0 Å². The van der Waals surface area contributed by atoms with Gasteiger partial charge < -0.3 is 5.32 Å². The van der Waals surface area contributed by atoms with Gasteiger partial charge in [0.1, 0.15) is 0 Å². The van der Waals surface area contributed by atoms with Crippen molar-refractivity contribution in [3.8, 4) is 10.4 Å². The molecule has 0 fully saturated rings. The van der Waals surface area contributed by atoms with E-state index in [4.69, 9.17) is 11.6 Å². The van der Waals surface area contributed by atoms with Crippen molar-refractivity contribution in [1.29, 1.82) is 0 Å². The number of amides is 1. The fraction of sp³-hybridized carbons (Fsp3) is 0.353. The highest BCUT2D eigenvalue weighted by Gasteiger charge is 2.13. The normalized spacial score (nSPS) is 12.4. The zero-order chi connectivity index (χ0) is 15.4. The maximum atomic E-state index is 12.2. The Labute approximate surface area is 135 Å². The molecule has 0 saturated carbocycles. The summed E-state index contributed by atoms with van der Waals surface area (Å²) in [7, 11) is 0. The lowest BCUT2D eigenvalue weighted by Crippen LogP contribution is -2.32. The molecule has 4 heteroatoms. The number of carbonyl (C=O) groups is 1. The molecule has 0 spiro atoms. The Morgan fingerprint density at radius 3 is 2.67 bits per heavy atom. The molecule has 1 N–H and O–H groups in total. The molecular weight excluding hydrogens is 302 g/mol. The molecule has 0 bridgehead atoms. The summed E-state index contributed by atoms with van der Waals surface area (Å²) < 4.78 is 0. The second kappa shape index (κ2) is 7.10. The summed E-state index contributed by atoms with van der Waals surface area (Å²) in [6, 6.07) is 11.7. The van der Waals surface area contributed by atoms with E-state index in [0.29, 0.717) is 10.9 Å². The summed E-state index contributed by atoms with van der Waals surface area (Å²) in [4.78, 5) is 14.0. The summed E-state index contributed by atoms with van der Waals surface area (Å²) in [6.45, 7) is 6.36. The standard InChI is InChI=1S/C17H20ClNOS/c1-11(2)9-12(3)19-17(20)16-8-7-15(21-16)13-5-4-6-14(18)10-13/h4-8,10-12H,9H2,1-3H3,(H,19,20)/t12-/m0/s1. The van der Waals surface area contributed by atoms with E-state index in [9.17, 15) is 4.79 Å². The van der Waals surface area contributed by atoms with Crippen LogP contribution in [0.2, 0.25) is 5.02 Å². The topological polar surface area (TPSA) is 29.1 Å². The third-order valence-corrected chi connectivity index (χ3v) is 4.51. The molecule has 0 aliphatic heterocycles. The zero-order valence-corrected chi connectivity index (χ0v) is 14.1. The molecule has 0 saturated heterocycles. The highest BCUT2D eigenvalue weighted by molar-refractivity contribution is 7.17. The molecule has 0 unspecified atom stereocenters. The molecule has 0 aliphatic rings. The molecule has 112 valence electrons. The number of benzene rings is 1. The first-order valence-electron chi connectivity index (χ1n) is 7.12. The first kappa shape index (κ1) is 16.1. The Hall–Kier alpha value is -1.32. The van der Waals surface area contributed by atoms with Crippen molar-refractivity contribution in [2.45, 2.75) is 33.2 Å². The number of nitrogens with one attached hydrogen (secondary N) is 1. The number of rotatable bonds is 5. The Kier molecular flexibility index (Phi) is 5.43. The van der Waals surface area contributed by atoms with Crippen LogP contribution in [0.1, 0.15) is 36.9 Å². The van der Waals surface area contributed by atoms with E-state index in [0.717, 1.165) is 21.7 Å². The lowest BCUT2D eigenvalue weighted by atomic mass is 10.1. The summed E-state index contributed by atoms with van der Waals surface area (Å²) in [5.41, 5.74) is 1.04. The molecule has 0 radical (unpaired) electrons. The van der Waals surface area contributed by atoms with Crippen molar-refractivity contribution in [2.24, 2.45) is 5.92 Å². The number of halogens is 1. The Morgan fingerprint density at radius 2 is 2.00 bits per heavy atom. The number of hydrogen-bond donors (Lipinski definition) is 1. The summed E-state index contributed by atoms with van der Waals surface area (Å²) in [6.07, 6.45) is 0.984. The van der Waals surface area contributed by atoms with Gasteiger partial charge in [-0.15, -0.1) is 11.3 Å². The van der Waals surface area contributed by atoms with Gasteiger partial charge in [0.05, 0.1) is 4.88 Å². The number of hydrogen-bond acceptors (Lipinski definition) is 2. The van der Waals surface area contributed by atoms with Gasteiger partial charge in [0, 0.05) is 15.9 Å². The van der Waals surface area contributed by atoms with Crippen molar-refractivity contribution < 1.29 is 4.79 Å². The fourth-order valence-corrected chi connectivity index (χ4v) is 3.41. The molecular formula is C17H20ClNOS. The van der Waals surface area contributed by atoms with Gasteiger partial charge in [-0.05, 0) is 49.1 Å². The van der Waals surface area contributed by atoms with Gasteiger partial charge in [-0.2, -0.15) is 0 Å². The molecule has 2 nitrogen and oxygen atoms in total. The quantitative estimate of drug-likeness (QED) is 0.802. The second-order valence-electron chi connectivity index (χ2n) is 5.68. The van der Waals surface area contributed by atoms with Crippen LogP contribution in [-0.2, 0) is 0 Å². The predicted molar refractivity (Wildman–Crippen MR) is 91.1 cm³/mol. The van der Waals surface area contributed by atoms with Crippen LogP contribution < -0.4 is 5.32 Å². The van der Waals surface area contributed by atoms with Gasteiger partial charge in [0.25, 0.3) is 5.91 Å². The monoisotopic (exact) mass is 321 g/mol.